The lowest BCUT2D eigenvalue weighted by Gasteiger charge is -2.34. The van der Waals surface area contributed by atoms with Crippen molar-refractivity contribution < 1.29 is 22.8 Å². The highest BCUT2D eigenvalue weighted by molar-refractivity contribution is 6.33. The van der Waals surface area contributed by atoms with Gasteiger partial charge < -0.3 is 15.5 Å². The molecule has 2 N–H and O–H groups in total. The van der Waals surface area contributed by atoms with Crippen LogP contribution in [0.5, 0.6) is 0 Å². The van der Waals surface area contributed by atoms with Gasteiger partial charge in [-0.15, -0.1) is 0 Å². The lowest BCUT2D eigenvalue weighted by molar-refractivity contribution is -0.137. The Morgan fingerprint density at radius 3 is 2.61 bits per heavy atom. The van der Waals surface area contributed by atoms with Crippen molar-refractivity contribution in [3.8, 4) is 0 Å². The van der Waals surface area contributed by atoms with Gasteiger partial charge in [-0.05, 0) is 50.8 Å². The van der Waals surface area contributed by atoms with Gasteiger partial charge in [0.25, 0.3) is 5.91 Å². The van der Waals surface area contributed by atoms with Crippen LogP contribution in [0.2, 0.25) is 5.02 Å². The Morgan fingerprint density at radius 2 is 1.94 bits per heavy atom. The molecule has 11 heteroatoms. The summed E-state index contributed by atoms with van der Waals surface area (Å²) < 4.78 is 38.7. The highest BCUT2D eigenvalue weighted by atomic mass is 35.5. The van der Waals surface area contributed by atoms with E-state index in [1.807, 2.05) is 0 Å². The number of aryl methyl sites for hydroxylation is 1. The highest BCUT2D eigenvalue weighted by Crippen LogP contribution is 2.34. The van der Waals surface area contributed by atoms with E-state index >= 15 is 0 Å². The van der Waals surface area contributed by atoms with Crippen molar-refractivity contribution >= 4 is 35.1 Å². The molecule has 0 unspecified atom stereocenters. The summed E-state index contributed by atoms with van der Waals surface area (Å²) in [5.41, 5.74) is 0.0620. The van der Waals surface area contributed by atoms with Crippen LogP contribution >= 0.6 is 11.6 Å². The van der Waals surface area contributed by atoms with E-state index in [1.165, 1.54) is 6.07 Å². The number of aromatic nitrogens is 2. The van der Waals surface area contributed by atoms with Gasteiger partial charge in [0.2, 0.25) is 5.91 Å². The van der Waals surface area contributed by atoms with Crippen LogP contribution in [0.3, 0.4) is 0 Å². The zero-order valence-electron chi connectivity index (χ0n) is 17.9. The molecule has 2 aromatic rings. The fourth-order valence-corrected chi connectivity index (χ4v) is 4.10. The number of anilines is 2. The first-order valence-electron chi connectivity index (χ1n) is 10.7. The number of carbonyl (C=O) groups excluding carboxylic acids is 2. The number of nitrogens with one attached hydrogen (secondary N) is 2. The first-order chi connectivity index (χ1) is 15.6. The minimum atomic E-state index is -4.52. The van der Waals surface area contributed by atoms with Crippen LogP contribution in [-0.2, 0) is 11.0 Å². The van der Waals surface area contributed by atoms with Gasteiger partial charge in [0, 0.05) is 42.5 Å². The maximum Gasteiger partial charge on any atom is 0.417 e. The highest BCUT2D eigenvalue weighted by Gasteiger charge is 2.33. The Balaban J connectivity index is 1.43. The predicted molar refractivity (Wildman–Crippen MR) is 117 cm³/mol. The number of nitrogens with zero attached hydrogens (tertiary/aromatic N) is 3. The van der Waals surface area contributed by atoms with Crippen LogP contribution in [0.1, 0.15) is 47.3 Å². The van der Waals surface area contributed by atoms with Crippen LogP contribution in [-0.4, -0.2) is 40.9 Å². The molecule has 2 fully saturated rings. The summed E-state index contributed by atoms with van der Waals surface area (Å²) in [6.45, 7) is 2.67. The Hall–Kier alpha value is -2.88. The van der Waals surface area contributed by atoms with E-state index in [0.717, 1.165) is 25.1 Å². The van der Waals surface area contributed by atoms with E-state index in [4.69, 9.17) is 11.6 Å². The molecule has 7 nitrogen and oxygen atoms in total. The first kappa shape index (κ1) is 23.3. The minimum absolute atomic E-state index is 0.0171. The van der Waals surface area contributed by atoms with Gasteiger partial charge in [-0.2, -0.15) is 13.2 Å². The number of amides is 2. The molecule has 1 aliphatic carbocycles. The molecule has 0 spiro atoms. The number of rotatable bonds is 5. The van der Waals surface area contributed by atoms with Gasteiger partial charge in [-0.3, -0.25) is 9.59 Å². The normalized spacial score (nSPS) is 18.7. The number of halogens is 4. The Kier molecular flexibility index (Phi) is 6.47. The van der Waals surface area contributed by atoms with Crippen molar-refractivity contribution in [1.82, 2.24) is 15.3 Å². The number of hydrogen-bond donors (Lipinski definition) is 2. The molecule has 1 atom stereocenters. The third-order valence-corrected chi connectivity index (χ3v) is 5.90. The van der Waals surface area contributed by atoms with Crippen molar-refractivity contribution in [1.29, 1.82) is 0 Å². The third kappa shape index (κ3) is 5.73. The van der Waals surface area contributed by atoms with E-state index in [2.05, 4.69) is 20.6 Å². The average Bonchev–Trinajstić information content (AvgIpc) is 3.58. The van der Waals surface area contributed by atoms with E-state index in [-0.39, 0.29) is 34.6 Å². The second-order valence-electron chi connectivity index (χ2n) is 8.43. The Morgan fingerprint density at radius 1 is 1.18 bits per heavy atom. The molecule has 1 saturated heterocycles. The SMILES string of the molecule is Cc1cc(C(=O)N[C@@H]2CCCN(c3ncc(C(F)(F)F)cc3Cl)C2)cc(NC(=O)C2CC2)n1. The van der Waals surface area contributed by atoms with Crippen molar-refractivity contribution in [2.75, 3.05) is 23.3 Å². The molecule has 2 aromatic heterocycles. The molecule has 1 aliphatic heterocycles. The quantitative estimate of drug-likeness (QED) is 0.668. The lowest BCUT2D eigenvalue weighted by Crippen LogP contribution is -2.48. The van der Waals surface area contributed by atoms with Gasteiger partial charge >= 0.3 is 6.18 Å². The molecule has 2 aliphatic rings. The Bertz CT molecular complexity index is 1070. The van der Waals surface area contributed by atoms with Crippen molar-refractivity contribution in [3.05, 3.63) is 46.2 Å². The smallest absolute Gasteiger partial charge is 0.353 e. The van der Waals surface area contributed by atoms with Crippen molar-refractivity contribution in [2.24, 2.45) is 5.92 Å². The topological polar surface area (TPSA) is 87.2 Å². The second-order valence-corrected chi connectivity index (χ2v) is 8.84. The molecule has 1 saturated carbocycles. The molecule has 4 rings (SSSR count). The summed E-state index contributed by atoms with van der Waals surface area (Å²) in [5, 5.41) is 5.63. The van der Waals surface area contributed by atoms with Crippen LogP contribution < -0.4 is 15.5 Å². The molecule has 2 amide bonds. The Labute approximate surface area is 193 Å². The number of alkyl halides is 3. The zero-order chi connectivity index (χ0) is 23.8. The molecular weight excluding hydrogens is 459 g/mol. The molecule has 33 heavy (non-hydrogen) atoms. The summed E-state index contributed by atoms with van der Waals surface area (Å²) in [4.78, 5) is 34.9. The molecule has 0 aromatic carbocycles. The fraction of sp³-hybridized carbons (Fsp3) is 0.455. The number of pyridine rings is 2. The monoisotopic (exact) mass is 481 g/mol. The maximum atomic E-state index is 12.9. The summed E-state index contributed by atoms with van der Waals surface area (Å²) in [5.74, 6) is 0.198. The molecule has 0 radical (unpaired) electrons. The van der Waals surface area contributed by atoms with Gasteiger partial charge in [0.15, 0.2) is 0 Å². The summed E-state index contributed by atoms with van der Waals surface area (Å²) in [7, 11) is 0. The van der Waals surface area contributed by atoms with E-state index in [1.54, 1.807) is 17.9 Å². The molecular formula is C22H23ClF3N5O2. The van der Waals surface area contributed by atoms with Gasteiger partial charge in [0.1, 0.15) is 11.6 Å². The number of piperidine rings is 1. The third-order valence-electron chi connectivity index (χ3n) is 5.62. The van der Waals surface area contributed by atoms with Crippen LogP contribution in [0.15, 0.2) is 24.4 Å². The van der Waals surface area contributed by atoms with Crippen molar-refractivity contribution in [3.63, 3.8) is 0 Å². The predicted octanol–water partition coefficient (Wildman–Crippen LogP) is 4.20. The standard InChI is InChI=1S/C22H23ClF3N5O2/c1-12-7-14(8-18(28-12)30-20(32)13-4-5-13)21(33)29-16-3-2-6-31(11-16)19-17(23)9-15(10-27-19)22(24,25)26/h7-10,13,16H,2-6,11H2,1H3,(H,29,33)(H,28,30,32)/t16-/m1/s1. The van der Waals surface area contributed by atoms with Crippen LogP contribution in [0, 0.1) is 12.8 Å². The summed E-state index contributed by atoms with van der Waals surface area (Å²) in [6.07, 6.45) is -0.617. The maximum absolute atomic E-state index is 12.9. The van der Waals surface area contributed by atoms with E-state index in [9.17, 15) is 22.8 Å². The zero-order valence-corrected chi connectivity index (χ0v) is 18.6. The summed E-state index contributed by atoms with van der Waals surface area (Å²) >= 11 is 6.09. The van der Waals surface area contributed by atoms with Crippen molar-refractivity contribution in [2.45, 2.75) is 44.8 Å². The fourth-order valence-electron chi connectivity index (χ4n) is 3.81. The van der Waals surface area contributed by atoms with E-state index < -0.39 is 11.7 Å². The first-order valence-corrected chi connectivity index (χ1v) is 11.1. The molecule has 0 bridgehead atoms. The van der Waals surface area contributed by atoms with Crippen LogP contribution in [0.25, 0.3) is 0 Å². The summed E-state index contributed by atoms with van der Waals surface area (Å²) in [6, 6.07) is 3.79. The van der Waals surface area contributed by atoms with Gasteiger partial charge in [0.05, 0.1) is 10.6 Å². The number of carbonyl (C=O) groups is 2. The lowest BCUT2D eigenvalue weighted by atomic mass is 10.0. The largest absolute Gasteiger partial charge is 0.417 e. The van der Waals surface area contributed by atoms with E-state index in [0.29, 0.717) is 43.0 Å². The second kappa shape index (κ2) is 9.17. The number of hydrogen-bond acceptors (Lipinski definition) is 5. The minimum Gasteiger partial charge on any atom is -0.353 e. The molecule has 176 valence electrons. The average molecular weight is 482 g/mol. The van der Waals surface area contributed by atoms with Crippen LogP contribution in [0.4, 0.5) is 24.8 Å². The van der Waals surface area contributed by atoms with Gasteiger partial charge in [-0.25, -0.2) is 9.97 Å². The van der Waals surface area contributed by atoms with Gasteiger partial charge in [-0.1, -0.05) is 11.6 Å². The molecule has 3 heterocycles.